The second-order valence-corrected chi connectivity index (χ2v) is 7.22. The maximum atomic E-state index is 13.8. The number of aliphatic hydroxyl groups excluding tert-OH is 1. The second kappa shape index (κ2) is 9.20. The van der Waals surface area contributed by atoms with Crippen molar-refractivity contribution in [3.63, 3.8) is 0 Å². The van der Waals surface area contributed by atoms with Gasteiger partial charge in [0.1, 0.15) is 5.82 Å². The van der Waals surface area contributed by atoms with Gasteiger partial charge in [0, 0.05) is 49.7 Å². The van der Waals surface area contributed by atoms with Crippen molar-refractivity contribution in [2.75, 3.05) is 42.9 Å². The minimum atomic E-state index is -0.821. The van der Waals surface area contributed by atoms with E-state index in [1.807, 2.05) is 0 Å². The topological polar surface area (TPSA) is 38.7 Å². The number of piperazine rings is 1. The zero-order chi connectivity index (χ0) is 19.2. The van der Waals surface area contributed by atoms with Crippen LogP contribution in [0.1, 0.15) is 37.5 Å². The zero-order valence-electron chi connectivity index (χ0n) is 16.3. The molecule has 2 aromatic carbocycles. The SMILES string of the molecule is CCCN1CCN(c2ccccc2CNc2ccc(F)c(C(C)O)c2)CC1. The van der Waals surface area contributed by atoms with Crippen LogP contribution in [0.4, 0.5) is 15.8 Å². The number of benzene rings is 2. The standard InChI is InChI=1S/C22H30FN3O/c1-3-10-25-11-13-26(14-12-25)22-7-5-4-6-18(22)16-24-19-8-9-21(23)20(15-19)17(2)27/h4-9,15,17,24,27H,3,10-14,16H2,1-2H3. The van der Waals surface area contributed by atoms with Crippen molar-refractivity contribution in [3.8, 4) is 0 Å². The minimum absolute atomic E-state index is 0.320. The van der Waals surface area contributed by atoms with Crippen molar-refractivity contribution in [3.05, 3.63) is 59.4 Å². The monoisotopic (exact) mass is 371 g/mol. The first-order valence-electron chi connectivity index (χ1n) is 9.85. The Balaban J connectivity index is 1.67. The van der Waals surface area contributed by atoms with Crippen LogP contribution in [0.15, 0.2) is 42.5 Å². The van der Waals surface area contributed by atoms with E-state index in [4.69, 9.17) is 0 Å². The molecule has 1 unspecified atom stereocenters. The van der Waals surface area contributed by atoms with Gasteiger partial charge in [-0.15, -0.1) is 0 Å². The Morgan fingerprint density at radius 1 is 1.11 bits per heavy atom. The molecule has 0 bridgehead atoms. The van der Waals surface area contributed by atoms with Gasteiger partial charge in [-0.2, -0.15) is 0 Å². The molecule has 146 valence electrons. The molecule has 2 aromatic rings. The van der Waals surface area contributed by atoms with Gasteiger partial charge in [0.2, 0.25) is 0 Å². The second-order valence-electron chi connectivity index (χ2n) is 7.22. The molecule has 0 amide bonds. The molecule has 4 nitrogen and oxygen atoms in total. The number of hydrogen-bond acceptors (Lipinski definition) is 4. The van der Waals surface area contributed by atoms with E-state index in [0.717, 1.165) is 31.9 Å². The number of nitrogens with one attached hydrogen (secondary N) is 1. The highest BCUT2D eigenvalue weighted by molar-refractivity contribution is 5.56. The molecular formula is C22H30FN3O. The van der Waals surface area contributed by atoms with Crippen LogP contribution in [-0.4, -0.2) is 42.7 Å². The normalized spacial score (nSPS) is 16.4. The van der Waals surface area contributed by atoms with Gasteiger partial charge in [-0.25, -0.2) is 4.39 Å². The van der Waals surface area contributed by atoms with Gasteiger partial charge >= 0.3 is 0 Å². The van der Waals surface area contributed by atoms with Crippen molar-refractivity contribution in [2.45, 2.75) is 32.9 Å². The molecule has 1 atom stereocenters. The average Bonchev–Trinajstić information content (AvgIpc) is 2.68. The summed E-state index contributed by atoms with van der Waals surface area (Å²) in [6, 6.07) is 13.3. The third-order valence-electron chi connectivity index (χ3n) is 5.17. The summed E-state index contributed by atoms with van der Waals surface area (Å²) in [5.41, 5.74) is 3.62. The molecule has 5 heteroatoms. The van der Waals surface area contributed by atoms with Crippen molar-refractivity contribution < 1.29 is 9.50 Å². The number of hydrogen-bond donors (Lipinski definition) is 2. The molecule has 1 aliphatic heterocycles. The summed E-state index contributed by atoms with van der Waals surface area (Å²) < 4.78 is 13.8. The lowest BCUT2D eigenvalue weighted by molar-refractivity contribution is 0.194. The Bertz CT molecular complexity index is 742. The number of para-hydroxylation sites is 1. The Morgan fingerprint density at radius 3 is 2.56 bits per heavy atom. The smallest absolute Gasteiger partial charge is 0.129 e. The van der Waals surface area contributed by atoms with E-state index in [2.05, 4.69) is 46.3 Å². The predicted molar refractivity (Wildman–Crippen MR) is 110 cm³/mol. The summed E-state index contributed by atoms with van der Waals surface area (Å²) in [5.74, 6) is -0.374. The third-order valence-corrected chi connectivity index (χ3v) is 5.17. The lowest BCUT2D eigenvalue weighted by atomic mass is 10.1. The molecule has 0 aromatic heterocycles. The van der Waals surface area contributed by atoms with Gasteiger partial charge in [0.25, 0.3) is 0 Å². The van der Waals surface area contributed by atoms with Crippen LogP contribution >= 0.6 is 0 Å². The van der Waals surface area contributed by atoms with Gasteiger partial charge in [-0.3, -0.25) is 4.90 Å². The third kappa shape index (κ3) is 4.99. The maximum absolute atomic E-state index is 13.8. The summed E-state index contributed by atoms with van der Waals surface area (Å²) in [6.45, 7) is 9.93. The maximum Gasteiger partial charge on any atom is 0.129 e. The van der Waals surface area contributed by atoms with Crippen molar-refractivity contribution in [2.24, 2.45) is 0 Å². The molecule has 27 heavy (non-hydrogen) atoms. The van der Waals surface area contributed by atoms with Crippen LogP contribution in [0.5, 0.6) is 0 Å². The van der Waals surface area contributed by atoms with Crippen LogP contribution in [0.2, 0.25) is 0 Å². The molecule has 1 fully saturated rings. The zero-order valence-corrected chi connectivity index (χ0v) is 16.3. The molecule has 0 spiro atoms. The fraction of sp³-hybridized carbons (Fsp3) is 0.455. The fourth-order valence-electron chi connectivity index (χ4n) is 3.67. The van der Waals surface area contributed by atoms with Gasteiger partial charge in [-0.05, 0) is 49.7 Å². The summed E-state index contributed by atoms with van der Waals surface area (Å²) in [6.07, 6.45) is 0.380. The molecule has 1 heterocycles. The van der Waals surface area contributed by atoms with Crippen molar-refractivity contribution in [1.82, 2.24) is 4.90 Å². The van der Waals surface area contributed by atoms with Crippen LogP contribution in [0, 0.1) is 5.82 Å². The highest BCUT2D eigenvalue weighted by atomic mass is 19.1. The molecular weight excluding hydrogens is 341 g/mol. The predicted octanol–water partition coefficient (Wildman–Crippen LogP) is 4.02. The highest BCUT2D eigenvalue weighted by Crippen LogP contribution is 2.25. The van der Waals surface area contributed by atoms with E-state index in [0.29, 0.717) is 12.1 Å². The highest BCUT2D eigenvalue weighted by Gasteiger charge is 2.18. The quantitative estimate of drug-likeness (QED) is 0.771. The summed E-state index contributed by atoms with van der Waals surface area (Å²) in [4.78, 5) is 4.97. The van der Waals surface area contributed by atoms with E-state index < -0.39 is 6.10 Å². The Hall–Kier alpha value is -2.11. The number of halogens is 1. The first-order chi connectivity index (χ1) is 13.1. The van der Waals surface area contributed by atoms with E-state index >= 15 is 0 Å². The molecule has 0 aliphatic carbocycles. The summed E-state index contributed by atoms with van der Waals surface area (Å²) in [7, 11) is 0. The lowest BCUT2D eigenvalue weighted by Gasteiger charge is -2.37. The Labute approximate surface area is 161 Å². The van der Waals surface area contributed by atoms with Crippen molar-refractivity contribution in [1.29, 1.82) is 0 Å². The molecule has 0 radical (unpaired) electrons. The Morgan fingerprint density at radius 2 is 1.85 bits per heavy atom. The summed E-state index contributed by atoms with van der Waals surface area (Å²) >= 11 is 0. The number of nitrogens with zero attached hydrogens (tertiary/aromatic N) is 2. The van der Waals surface area contributed by atoms with Crippen LogP contribution in [0.3, 0.4) is 0 Å². The number of anilines is 2. The first-order valence-corrected chi connectivity index (χ1v) is 9.85. The lowest BCUT2D eigenvalue weighted by Crippen LogP contribution is -2.46. The molecule has 3 rings (SSSR count). The molecule has 1 aliphatic rings. The number of aliphatic hydroxyl groups is 1. The molecule has 1 saturated heterocycles. The van der Waals surface area contributed by atoms with Gasteiger partial charge in [-0.1, -0.05) is 25.1 Å². The van der Waals surface area contributed by atoms with Crippen LogP contribution < -0.4 is 10.2 Å². The van der Waals surface area contributed by atoms with Crippen molar-refractivity contribution >= 4 is 11.4 Å². The van der Waals surface area contributed by atoms with E-state index in [1.165, 1.54) is 30.3 Å². The van der Waals surface area contributed by atoms with Crippen LogP contribution in [0.25, 0.3) is 0 Å². The van der Waals surface area contributed by atoms with E-state index in [9.17, 15) is 9.50 Å². The fourth-order valence-corrected chi connectivity index (χ4v) is 3.67. The van der Waals surface area contributed by atoms with Gasteiger partial charge in [0.05, 0.1) is 6.10 Å². The molecule has 2 N–H and O–H groups in total. The van der Waals surface area contributed by atoms with E-state index in [1.54, 1.807) is 19.1 Å². The summed E-state index contributed by atoms with van der Waals surface area (Å²) in [5, 5.41) is 13.1. The Kier molecular flexibility index (Phi) is 6.69. The van der Waals surface area contributed by atoms with Crippen LogP contribution in [-0.2, 0) is 6.54 Å². The largest absolute Gasteiger partial charge is 0.389 e. The van der Waals surface area contributed by atoms with E-state index in [-0.39, 0.29) is 5.82 Å². The number of rotatable bonds is 7. The minimum Gasteiger partial charge on any atom is -0.389 e. The van der Waals surface area contributed by atoms with Gasteiger partial charge < -0.3 is 15.3 Å². The molecule has 0 saturated carbocycles. The average molecular weight is 372 g/mol. The first kappa shape index (κ1) is 19.6. The van der Waals surface area contributed by atoms with Gasteiger partial charge in [0.15, 0.2) is 0 Å².